The third-order valence-electron chi connectivity index (χ3n) is 4.96. The molecule has 1 aliphatic heterocycles. The minimum absolute atomic E-state index is 0.162. The van der Waals surface area contributed by atoms with Crippen molar-refractivity contribution in [2.75, 3.05) is 13.7 Å². The Morgan fingerprint density at radius 3 is 3.05 bits per heavy atom. The van der Waals surface area contributed by atoms with Gasteiger partial charge in [0.05, 0.1) is 23.4 Å². The van der Waals surface area contributed by atoms with E-state index < -0.39 is 0 Å². The predicted molar refractivity (Wildman–Crippen MR) is 90.2 cm³/mol. The highest BCUT2D eigenvalue weighted by molar-refractivity contribution is 7.09. The lowest BCUT2D eigenvalue weighted by molar-refractivity contribution is -0.106. The number of ether oxygens (including phenoxy) is 1. The Balaban J connectivity index is 1.56. The number of nitrogens with zero attached hydrogens (tertiary/aromatic N) is 2. The smallest absolute Gasteiger partial charge is 0.191 e. The first-order chi connectivity index (χ1) is 10.6. The van der Waals surface area contributed by atoms with Crippen molar-refractivity contribution in [1.82, 2.24) is 15.6 Å². The third-order valence-corrected chi connectivity index (χ3v) is 6.00. The normalized spacial score (nSPS) is 29.8. The van der Waals surface area contributed by atoms with Gasteiger partial charge in [0.25, 0.3) is 0 Å². The van der Waals surface area contributed by atoms with Crippen LogP contribution >= 0.6 is 11.3 Å². The number of aryl methyl sites for hydroxylation is 1. The number of aliphatic imine (C=N–C) groups is 1. The maximum atomic E-state index is 5.85. The number of nitrogens with one attached hydrogen (secondary N) is 2. The van der Waals surface area contributed by atoms with E-state index in [-0.39, 0.29) is 5.41 Å². The van der Waals surface area contributed by atoms with Crippen molar-refractivity contribution in [3.8, 4) is 0 Å². The van der Waals surface area contributed by atoms with Gasteiger partial charge in [-0.15, -0.1) is 11.3 Å². The Morgan fingerprint density at radius 1 is 1.55 bits per heavy atom. The Morgan fingerprint density at radius 2 is 2.36 bits per heavy atom. The van der Waals surface area contributed by atoms with Crippen molar-refractivity contribution >= 4 is 17.3 Å². The first kappa shape index (κ1) is 15.7. The molecular weight excluding hydrogens is 296 g/mol. The Hall–Kier alpha value is -1.14. The molecule has 3 rings (SSSR count). The molecule has 1 saturated heterocycles. The lowest BCUT2D eigenvalue weighted by Gasteiger charge is -2.54. The molecule has 1 aromatic rings. The van der Waals surface area contributed by atoms with Crippen molar-refractivity contribution < 1.29 is 4.74 Å². The number of hydrogen-bond donors (Lipinski definition) is 2. The molecule has 122 valence electrons. The first-order valence-electron chi connectivity index (χ1n) is 8.08. The van der Waals surface area contributed by atoms with Crippen LogP contribution in [0.25, 0.3) is 0 Å². The molecule has 5 nitrogen and oxygen atoms in total. The van der Waals surface area contributed by atoms with E-state index >= 15 is 0 Å². The molecule has 6 heteroatoms. The highest BCUT2D eigenvalue weighted by atomic mass is 32.1. The van der Waals surface area contributed by atoms with Gasteiger partial charge < -0.3 is 15.4 Å². The number of thiazole rings is 1. The first-order valence-corrected chi connectivity index (χ1v) is 8.96. The van der Waals surface area contributed by atoms with E-state index in [0.29, 0.717) is 24.6 Å². The van der Waals surface area contributed by atoms with Crippen LogP contribution in [0, 0.1) is 11.3 Å². The van der Waals surface area contributed by atoms with Crippen molar-refractivity contribution in [2.45, 2.75) is 52.3 Å². The number of rotatable bonds is 4. The third kappa shape index (κ3) is 2.74. The maximum absolute atomic E-state index is 5.85. The molecule has 22 heavy (non-hydrogen) atoms. The van der Waals surface area contributed by atoms with Crippen LogP contribution in [0.5, 0.6) is 0 Å². The quantitative estimate of drug-likeness (QED) is 0.659. The van der Waals surface area contributed by atoms with Crippen LogP contribution in [-0.2, 0) is 17.7 Å². The number of aromatic nitrogens is 1. The summed E-state index contributed by atoms with van der Waals surface area (Å²) in [6.07, 6.45) is 2.54. The number of guanidine groups is 1. The summed E-state index contributed by atoms with van der Waals surface area (Å²) in [6.45, 7) is 8.29. The largest absolute Gasteiger partial charge is 0.377 e. The zero-order chi connectivity index (χ0) is 15.7. The van der Waals surface area contributed by atoms with Crippen LogP contribution in [-0.4, -0.2) is 36.7 Å². The zero-order valence-corrected chi connectivity index (χ0v) is 14.7. The van der Waals surface area contributed by atoms with E-state index in [1.165, 1.54) is 5.01 Å². The van der Waals surface area contributed by atoms with Crippen LogP contribution in [0.3, 0.4) is 0 Å². The van der Waals surface area contributed by atoms with E-state index in [2.05, 4.69) is 46.8 Å². The van der Waals surface area contributed by atoms with Gasteiger partial charge in [-0.2, -0.15) is 0 Å². The molecule has 2 fully saturated rings. The molecule has 0 aromatic carbocycles. The topological polar surface area (TPSA) is 58.5 Å². The second kappa shape index (κ2) is 6.16. The Kier molecular flexibility index (Phi) is 4.41. The SMILES string of the molecule is CCc1nc(CNC(=NC)NC2C3CCOC3C2(C)C)cs1. The number of hydrogen-bond acceptors (Lipinski definition) is 4. The van der Waals surface area contributed by atoms with Gasteiger partial charge >= 0.3 is 0 Å². The minimum Gasteiger partial charge on any atom is -0.377 e. The summed E-state index contributed by atoms with van der Waals surface area (Å²) >= 11 is 1.72. The predicted octanol–water partition coefficient (Wildman–Crippen LogP) is 2.18. The lowest BCUT2D eigenvalue weighted by atomic mass is 9.57. The van der Waals surface area contributed by atoms with Crippen molar-refractivity contribution in [2.24, 2.45) is 16.3 Å². The van der Waals surface area contributed by atoms with Gasteiger partial charge in [-0.05, 0) is 12.8 Å². The van der Waals surface area contributed by atoms with Gasteiger partial charge in [0.15, 0.2) is 5.96 Å². The summed E-state index contributed by atoms with van der Waals surface area (Å²) in [5, 5.41) is 10.3. The van der Waals surface area contributed by atoms with E-state index in [1.807, 2.05) is 7.05 Å². The molecule has 3 unspecified atom stereocenters. The molecular formula is C16H26N4OS. The molecule has 2 N–H and O–H groups in total. The average Bonchev–Trinajstić information content (AvgIpc) is 3.15. The lowest BCUT2D eigenvalue weighted by Crippen LogP contribution is -2.67. The molecule has 1 aliphatic carbocycles. The fourth-order valence-electron chi connectivity index (χ4n) is 3.73. The van der Waals surface area contributed by atoms with Crippen molar-refractivity contribution in [3.05, 3.63) is 16.1 Å². The highest BCUT2D eigenvalue weighted by Crippen LogP contribution is 2.52. The van der Waals surface area contributed by atoms with Gasteiger partial charge in [-0.1, -0.05) is 20.8 Å². The van der Waals surface area contributed by atoms with Crippen LogP contribution in [0.15, 0.2) is 10.4 Å². The van der Waals surface area contributed by atoms with Gasteiger partial charge in [0.1, 0.15) is 0 Å². The van der Waals surface area contributed by atoms with E-state index in [9.17, 15) is 0 Å². The molecule has 3 atom stereocenters. The van der Waals surface area contributed by atoms with E-state index in [1.54, 1.807) is 11.3 Å². The van der Waals surface area contributed by atoms with E-state index in [4.69, 9.17) is 4.74 Å². The van der Waals surface area contributed by atoms with Crippen LogP contribution in [0.2, 0.25) is 0 Å². The Bertz CT molecular complexity index is 554. The standard InChI is InChI=1S/C16H26N4OS/c1-5-12-19-10(9-22-12)8-18-15(17-4)20-13-11-6-7-21-14(11)16(13,2)3/h9,11,13-14H,5-8H2,1-4H3,(H2,17,18,20). The molecule has 2 aliphatic rings. The highest BCUT2D eigenvalue weighted by Gasteiger charge is 2.59. The summed E-state index contributed by atoms with van der Waals surface area (Å²) < 4.78 is 5.85. The Labute approximate surface area is 136 Å². The van der Waals surface area contributed by atoms with Gasteiger partial charge in [0.2, 0.25) is 0 Å². The summed E-state index contributed by atoms with van der Waals surface area (Å²) in [4.78, 5) is 8.94. The fraction of sp³-hybridized carbons (Fsp3) is 0.750. The molecule has 0 spiro atoms. The second-order valence-corrected chi connectivity index (χ2v) is 7.64. The minimum atomic E-state index is 0.162. The molecule has 1 aromatic heterocycles. The number of fused-ring (bicyclic) bond motifs is 1. The summed E-state index contributed by atoms with van der Waals surface area (Å²) in [6, 6.07) is 0.424. The molecule has 1 saturated carbocycles. The second-order valence-electron chi connectivity index (χ2n) is 6.70. The molecule has 0 radical (unpaired) electrons. The van der Waals surface area contributed by atoms with Gasteiger partial charge in [-0.3, -0.25) is 4.99 Å². The average molecular weight is 322 g/mol. The van der Waals surface area contributed by atoms with E-state index in [0.717, 1.165) is 31.1 Å². The van der Waals surface area contributed by atoms with Gasteiger partial charge in [0, 0.05) is 36.4 Å². The molecule has 0 bridgehead atoms. The molecule has 2 heterocycles. The summed E-state index contributed by atoms with van der Waals surface area (Å²) in [5.74, 6) is 1.47. The van der Waals surface area contributed by atoms with Crippen LogP contribution < -0.4 is 10.6 Å². The van der Waals surface area contributed by atoms with Crippen LogP contribution in [0.4, 0.5) is 0 Å². The van der Waals surface area contributed by atoms with Crippen LogP contribution in [0.1, 0.15) is 37.9 Å². The van der Waals surface area contributed by atoms with Gasteiger partial charge in [-0.25, -0.2) is 4.98 Å². The molecule has 0 amide bonds. The maximum Gasteiger partial charge on any atom is 0.191 e. The summed E-state index contributed by atoms with van der Waals surface area (Å²) in [7, 11) is 1.82. The zero-order valence-electron chi connectivity index (χ0n) is 13.8. The fourth-order valence-corrected chi connectivity index (χ4v) is 4.47. The summed E-state index contributed by atoms with van der Waals surface area (Å²) in [5.41, 5.74) is 1.24. The van der Waals surface area contributed by atoms with Crippen molar-refractivity contribution in [1.29, 1.82) is 0 Å². The monoisotopic (exact) mass is 322 g/mol. The van der Waals surface area contributed by atoms with Crippen molar-refractivity contribution in [3.63, 3.8) is 0 Å².